The van der Waals surface area contributed by atoms with E-state index in [2.05, 4.69) is 15.9 Å². The van der Waals surface area contributed by atoms with Gasteiger partial charge in [-0.2, -0.15) is 0 Å². The third-order valence-corrected chi connectivity index (χ3v) is 5.25. The predicted molar refractivity (Wildman–Crippen MR) is 67.8 cm³/mol. The summed E-state index contributed by atoms with van der Waals surface area (Å²) in [7, 11) is -2.94. The first-order chi connectivity index (χ1) is 7.58. The van der Waals surface area contributed by atoms with Gasteiger partial charge < -0.3 is 0 Å². The third-order valence-electron chi connectivity index (χ3n) is 2.77. The minimum absolute atomic E-state index is 0.313. The van der Waals surface area contributed by atoms with Crippen LogP contribution in [-0.2, 0) is 16.4 Å². The number of halogens is 1. The van der Waals surface area contributed by atoms with Crippen LogP contribution >= 0.6 is 15.9 Å². The van der Waals surface area contributed by atoms with E-state index in [1.807, 2.05) is 24.3 Å². The van der Waals surface area contributed by atoms with Gasteiger partial charge in [0.05, 0.1) is 5.75 Å². The lowest BCUT2D eigenvalue weighted by atomic mass is 10.1. The van der Waals surface area contributed by atoms with E-state index in [0.29, 0.717) is 18.8 Å². The van der Waals surface area contributed by atoms with E-state index in [-0.39, 0.29) is 0 Å². The molecule has 0 unspecified atom stereocenters. The molecule has 2 rings (SSSR count). The lowest BCUT2D eigenvalue weighted by molar-refractivity contribution is 0.447. The Labute approximate surface area is 105 Å². The molecule has 5 heteroatoms. The topological polar surface area (TPSA) is 37.4 Å². The Kier molecular flexibility index (Phi) is 3.66. The van der Waals surface area contributed by atoms with Crippen LogP contribution in [-0.4, -0.2) is 31.6 Å². The van der Waals surface area contributed by atoms with Gasteiger partial charge in [-0.25, -0.2) is 12.7 Å². The van der Waals surface area contributed by atoms with Gasteiger partial charge in [-0.1, -0.05) is 28.1 Å². The van der Waals surface area contributed by atoms with Crippen LogP contribution in [0, 0.1) is 0 Å². The van der Waals surface area contributed by atoms with Crippen molar-refractivity contribution >= 4 is 26.0 Å². The Morgan fingerprint density at radius 1 is 1.25 bits per heavy atom. The number of hydrogen-bond acceptors (Lipinski definition) is 2. The SMILES string of the molecule is O=S1(=O)CCCN1CCc1ccc(Br)cc1. The Morgan fingerprint density at radius 3 is 2.50 bits per heavy atom. The molecule has 0 aliphatic carbocycles. The Hall–Kier alpha value is -0.390. The van der Waals surface area contributed by atoms with Gasteiger partial charge in [-0.15, -0.1) is 0 Å². The van der Waals surface area contributed by atoms with Gasteiger partial charge in [0, 0.05) is 17.6 Å². The van der Waals surface area contributed by atoms with E-state index in [4.69, 9.17) is 0 Å². The van der Waals surface area contributed by atoms with Gasteiger partial charge in [0.1, 0.15) is 0 Å². The molecule has 1 aliphatic rings. The molecule has 0 aromatic heterocycles. The van der Waals surface area contributed by atoms with Crippen molar-refractivity contribution in [2.45, 2.75) is 12.8 Å². The second-order valence-electron chi connectivity index (χ2n) is 3.95. The van der Waals surface area contributed by atoms with Crippen molar-refractivity contribution in [1.82, 2.24) is 4.31 Å². The summed E-state index contributed by atoms with van der Waals surface area (Å²) in [6, 6.07) is 8.00. The zero-order valence-electron chi connectivity index (χ0n) is 8.89. The van der Waals surface area contributed by atoms with E-state index in [9.17, 15) is 8.42 Å². The van der Waals surface area contributed by atoms with Gasteiger partial charge in [0.15, 0.2) is 0 Å². The minimum atomic E-state index is -2.94. The van der Waals surface area contributed by atoms with Crippen molar-refractivity contribution in [2.75, 3.05) is 18.8 Å². The van der Waals surface area contributed by atoms with E-state index in [0.717, 1.165) is 17.3 Å². The quantitative estimate of drug-likeness (QED) is 0.857. The van der Waals surface area contributed by atoms with Crippen LogP contribution in [0.3, 0.4) is 0 Å². The maximum Gasteiger partial charge on any atom is 0.214 e. The van der Waals surface area contributed by atoms with Crippen LogP contribution in [0.25, 0.3) is 0 Å². The fraction of sp³-hybridized carbons (Fsp3) is 0.455. The molecule has 0 saturated carbocycles. The van der Waals surface area contributed by atoms with Crippen molar-refractivity contribution in [3.63, 3.8) is 0 Å². The molecule has 1 fully saturated rings. The molecule has 1 saturated heterocycles. The number of benzene rings is 1. The van der Waals surface area contributed by atoms with Crippen LogP contribution in [0.15, 0.2) is 28.7 Å². The third kappa shape index (κ3) is 2.84. The lowest BCUT2D eigenvalue weighted by Gasteiger charge is -2.13. The number of rotatable bonds is 3. The average Bonchev–Trinajstić information content (AvgIpc) is 2.57. The van der Waals surface area contributed by atoms with Crippen LogP contribution in [0.5, 0.6) is 0 Å². The van der Waals surface area contributed by atoms with E-state index in [1.165, 1.54) is 5.56 Å². The fourth-order valence-electron chi connectivity index (χ4n) is 1.85. The molecule has 88 valence electrons. The van der Waals surface area contributed by atoms with Crippen LogP contribution in [0.4, 0.5) is 0 Å². The van der Waals surface area contributed by atoms with Gasteiger partial charge >= 0.3 is 0 Å². The molecule has 16 heavy (non-hydrogen) atoms. The monoisotopic (exact) mass is 303 g/mol. The zero-order chi connectivity index (χ0) is 11.6. The van der Waals surface area contributed by atoms with Crippen molar-refractivity contribution in [2.24, 2.45) is 0 Å². The van der Waals surface area contributed by atoms with Gasteiger partial charge in [0.2, 0.25) is 10.0 Å². The van der Waals surface area contributed by atoms with Crippen molar-refractivity contribution in [1.29, 1.82) is 0 Å². The molecule has 3 nitrogen and oxygen atoms in total. The molecule has 1 aromatic rings. The number of sulfonamides is 1. The Balaban J connectivity index is 1.95. The maximum absolute atomic E-state index is 11.6. The normalized spacial score (nSPS) is 20.1. The molecule has 0 spiro atoms. The lowest BCUT2D eigenvalue weighted by Crippen LogP contribution is -2.27. The summed E-state index contributed by atoms with van der Waals surface area (Å²) in [6.45, 7) is 1.28. The van der Waals surface area contributed by atoms with Crippen LogP contribution in [0.2, 0.25) is 0 Å². The van der Waals surface area contributed by atoms with Gasteiger partial charge in [-0.05, 0) is 30.5 Å². The summed E-state index contributed by atoms with van der Waals surface area (Å²) in [6.07, 6.45) is 1.55. The molecular weight excluding hydrogens is 290 g/mol. The van der Waals surface area contributed by atoms with Crippen LogP contribution in [0.1, 0.15) is 12.0 Å². The maximum atomic E-state index is 11.6. The second kappa shape index (κ2) is 4.85. The first kappa shape index (κ1) is 12.1. The molecule has 0 atom stereocenters. The molecule has 1 aromatic carbocycles. The highest BCUT2D eigenvalue weighted by atomic mass is 79.9. The number of nitrogens with zero attached hydrogens (tertiary/aromatic N) is 1. The standard InChI is InChI=1S/C11H14BrNO2S/c12-11-4-2-10(3-5-11)6-8-13-7-1-9-16(13,14)15/h2-5H,1,6-9H2. The Bertz CT molecular complexity index is 455. The minimum Gasteiger partial charge on any atom is -0.212 e. The highest BCUT2D eigenvalue weighted by Gasteiger charge is 2.27. The van der Waals surface area contributed by atoms with Crippen molar-refractivity contribution in [3.05, 3.63) is 34.3 Å². The summed E-state index contributed by atoms with van der Waals surface area (Å²) in [4.78, 5) is 0. The molecule has 0 N–H and O–H groups in total. The van der Waals surface area contributed by atoms with Crippen LogP contribution < -0.4 is 0 Å². The molecule has 1 heterocycles. The first-order valence-corrected chi connectivity index (χ1v) is 7.70. The largest absolute Gasteiger partial charge is 0.214 e. The van der Waals surface area contributed by atoms with Crippen molar-refractivity contribution < 1.29 is 8.42 Å². The molecular formula is C11H14BrNO2S. The van der Waals surface area contributed by atoms with Gasteiger partial charge in [0.25, 0.3) is 0 Å². The fourth-order valence-corrected chi connectivity index (χ4v) is 3.64. The van der Waals surface area contributed by atoms with Crippen molar-refractivity contribution in [3.8, 4) is 0 Å². The molecule has 1 aliphatic heterocycles. The predicted octanol–water partition coefficient (Wildman–Crippen LogP) is 2.03. The van der Waals surface area contributed by atoms with E-state index >= 15 is 0 Å². The average molecular weight is 304 g/mol. The zero-order valence-corrected chi connectivity index (χ0v) is 11.3. The van der Waals surface area contributed by atoms with Gasteiger partial charge in [-0.3, -0.25) is 0 Å². The number of hydrogen-bond donors (Lipinski definition) is 0. The summed E-state index contributed by atoms with van der Waals surface area (Å²) >= 11 is 3.37. The second-order valence-corrected chi connectivity index (χ2v) is 6.95. The summed E-state index contributed by atoms with van der Waals surface area (Å²) in [5, 5.41) is 0. The highest BCUT2D eigenvalue weighted by molar-refractivity contribution is 9.10. The first-order valence-electron chi connectivity index (χ1n) is 5.30. The Morgan fingerprint density at radius 2 is 1.94 bits per heavy atom. The van der Waals surface area contributed by atoms with E-state index < -0.39 is 10.0 Å². The molecule has 0 radical (unpaired) electrons. The summed E-state index contributed by atoms with van der Waals surface area (Å²) in [5.41, 5.74) is 1.17. The summed E-state index contributed by atoms with van der Waals surface area (Å²) < 4.78 is 25.7. The molecule has 0 bridgehead atoms. The smallest absolute Gasteiger partial charge is 0.212 e. The molecule has 0 amide bonds. The summed E-state index contributed by atoms with van der Waals surface area (Å²) in [5.74, 6) is 0.313. The highest BCUT2D eigenvalue weighted by Crippen LogP contribution is 2.15. The van der Waals surface area contributed by atoms with E-state index in [1.54, 1.807) is 4.31 Å².